The topological polar surface area (TPSA) is 84.5 Å². The number of benzene rings is 2. The predicted octanol–water partition coefficient (Wildman–Crippen LogP) is 3.31. The maximum absolute atomic E-state index is 12.5. The van der Waals surface area contributed by atoms with Gasteiger partial charge < -0.3 is 15.4 Å². The second-order valence-corrected chi connectivity index (χ2v) is 6.25. The van der Waals surface area contributed by atoms with Crippen LogP contribution in [0.2, 0.25) is 0 Å². The van der Waals surface area contributed by atoms with Crippen LogP contribution in [0.25, 0.3) is 0 Å². The van der Waals surface area contributed by atoms with E-state index in [0.29, 0.717) is 5.56 Å². The minimum absolute atomic E-state index is 0.124. The highest BCUT2D eigenvalue weighted by molar-refractivity contribution is 5.97. The Hall–Kier alpha value is -3.36. The lowest BCUT2D eigenvalue weighted by Crippen LogP contribution is -2.35. The molecule has 0 saturated carbocycles. The molecule has 0 aliphatic rings. The Morgan fingerprint density at radius 1 is 1.07 bits per heavy atom. The average molecular weight is 408 g/mol. The lowest BCUT2D eigenvalue weighted by molar-refractivity contribution is -0.152. The monoisotopic (exact) mass is 408 g/mol. The fourth-order valence-corrected chi connectivity index (χ4v) is 2.32. The molecule has 0 spiro atoms. The summed E-state index contributed by atoms with van der Waals surface area (Å²) in [7, 11) is 0. The summed E-state index contributed by atoms with van der Waals surface area (Å²) in [4.78, 5) is 35.8. The van der Waals surface area contributed by atoms with Crippen LogP contribution in [0, 0.1) is 6.92 Å². The maximum atomic E-state index is 12.5. The number of amides is 2. The molecule has 0 fully saturated rings. The Bertz CT molecular complexity index is 895. The molecule has 2 rings (SSSR count). The molecule has 9 heteroatoms. The molecule has 0 saturated heterocycles. The minimum atomic E-state index is -4.48. The van der Waals surface area contributed by atoms with Gasteiger partial charge in [-0.3, -0.25) is 14.4 Å². The fourth-order valence-electron chi connectivity index (χ4n) is 2.32. The zero-order valence-corrected chi connectivity index (χ0v) is 15.7. The molecule has 0 heterocycles. The van der Waals surface area contributed by atoms with Gasteiger partial charge in [0.15, 0.2) is 6.10 Å². The van der Waals surface area contributed by atoms with Gasteiger partial charge in [0.25, 0.3) is 11.8 Å². The number of hydrogen-bond donors (Lipinski definition) is 2. The number of aryl methyl sites for hydroxylation is 1. The number of carbonyl (C=O) groups excluding carboxylic acids is 3. The highest BCUT2D eigenvalue weighted by atomic mass is 19.4. The Morgan fingerprint density at radius 2 is 1.72 bits per heavy atom. The zero-order chi connectivity index (χ0) is 21.6. The van der Waals surface area contributed by atoms with Gasteiger partial charge in [-0.1, -0.05) is 17.7 Å². The normalized spacial score (nSPS) is 12.0. The lowest BCUT2D eigenvalue weighted by Gasteiger charge is -2.14. The first kappa shape index (κ1) is 21.9. The van der Waals surface area contributed by atoms with Gasteiger partial charge in [0.2, 0.25) is 0 Å². The number of rotatable bonds is 6. The molecule has 1 atom stereocenters. The maximum Gasteiger partial charge on any atom is 0.416 e. The number of nitrogens with one attached hydrogen (secondary N) is 2. The van der Waals surface area contributed by atoms with E-state index in [-0.39, 0.29) is 5.69 Å². The van der Waals surface area contributed by atoms with E-state index < -0.39 is 42.2 Å². The highest BCUT2D eigenvalue weighted by Gasteiger charge is 2.30. The van der Waals surface area contributed by atoms with E-state index in [2.05, 4.69) is 10.6 Å². The molecule has 0 bridgehead atoms. The Morgan fingerprint density at radius 3 is 2.31 bits per heavy atom. The first-order valence-corrected chi connectivity index (χ1v) is 8.59. The summed E-state index contributed by atoms with van der Waals surface area (Å²) in [6.07, 6.45) is -5.69. The van der Waals surface area contributed by atoms with Crippen molar-refractivity contribution in [3.63, 3.8) is 0 Å². The van der Waals surface area contributed by atoms with Crippen LogP contribution in [0.15, 0.2) is 48.5 Å². The predicted molar refractivity (Wildman–Crippen MR) is 99.1 cm³/mol. The average Bonchev–Trinajstić information content (AvgIpc) is 2.65. The summed E-state index contributed by atoms with van der Waals surface area (Å²) in [6, 6.07) is 10.6. The number of ether oxygens (including phenoxy) is 1. The summed E-state index contributed by atoms with van der Waals surface area (Å²) < 4.78 is 42.5. The SMILES string of the molecule is Cc1cccc(C(=O)NCC(=O)O[C@@H](C)C(=O)Nc2ccc(C(F)(F)F)cc2)c1. The van der Waals surface area contributed by atoms with Gasteiger partial charge in [-0.25, -0.2) is 0 Å². The van der Waals surface area contributed by atoms with Crippen molar-refractivity contribution >= 4 is 23.5 Å². The number of alkyl halides is 3. The molecule has 2 aromatic rings. The summed E-state index contributed by atoms with van der Waals surface area (Å²) in [5.41, 5.74) is 0.539. The zero-order valence-electron chi connectivity index (χ0n) is 15.7. The summed E-state index contributed by atoms with van der Waals surface area (Å²) in [5.74, 6) is -2.02. The second kappa shape index (κ2) is 9.22. The molecule has 2 N–H and O–H groups in total. The second-order valence-electron chi connectivity index (χ2n) is 6.25. The highest BCUT2D eigenvalue weighted by Crippen LogP contribution is 2.29. The first-order chi connectivity index (χ1) is 13.6. The molecule has 29 heavy (non-hydrogen) atoms. The van der Waals surface area contributed by atoms with Crippen molar-refractivity contribution in [3.05, 3.63) is 65.2 Å². The van der Waals surface area contributed by atoms with Crippen LogP contribution in [0.3, 0.4) is 0 Å². The van der Waals surface area contributed by atoms with Crippen molar-refractivity contribution in [2.45, 2.75) is 26.1 Å². The van der Waals surface area contributed by atoms with Gasteiger partial charge in [-0.15, -0.1) is 0 Å². The molecular formula is C20H19F3N2O4. The Labute approximate surface area is 165 Å². The van der Waals surface area contributed by atoms with E-state index >= 15 is 0 Å². The van der Waals surface area contributed by atoms with Crippen LogP contribution < -0.4 is 10.6 Å². The standard InChI is InChI=1S/C20H19F3N2O4/c1-12-4-3-5-14(10-12)19(28)24-11-17(26)29-13(2)18(27)25-16-8-6-15(7-9-16)20(21,22)23/h3-10,13H,11H2,1-2H3,(H,24,28)(H,25,27)/t13-/m0/s1. The van der Waals surface area contributed by atoms with E-state index in [0.717, 1.165) is 29.8 Å². The number of esters is 1. The van der Waals surface area contributed by atoms with Crippen LogP contribution in [-0.4, -0.2) is 30.4 Å². The number of anilines is 1. The third-order valence-corrected chi connectivity index (χ3v) is 3.83. The van der Waals surface area contributed by atoms with Crippen LogP contribution in [0.1, 0.15) is 28.4 Å². The van der Waals surface area contributed by atoms with Crippen LogP contribution >= 0.6 is 0 Å². The Balaban J connectivity index is 1.82. The Kier molecular flexibility index (Phi) is 6.98. The van der Waals surface area contributed by atoms with E-state index in [1.54, 1.807) is 18.2 Å². The van der Waals surface area contributed by atoms with Crippen LogP contribution in [0.4, 0.5) is 18.9 Å². The lowest BCUT2D eigenvalue weighted by atomic mass is 10.1. The van der Waals surface area contributed by atoms with Crippen molar-refractivity contribution in [1.29, 1.82) is 0 Å². The van der Waals surface area contributed by atoms with Gasteiger partial charge in [-0.2, -0.15) is 13.2 Å². The van der Waals surface area contributed by atoms with Gasteiger partial charge in [0, 0.05) is 11.3 Å². The van der Waals surface area contributed by atoms with E-state index in [9.17, 15) is 27.6 Å². The molecule has 0 aliphatic heterocycles. The van der Waals surface area contributed by atoms with Gasteiger partial charge in [-0.05, 0) is 50.2 Å². The van der Waals surface area contributed by atoms with Crippen LogP contribution in [-0.2, 0) is 20.5 Å². The molecule has 2 aromatic carbocycles. The smallest absolute Gasteiger partial charge is 0.416 e. The minimum Gasteiger partial charge on any atom is -0.451 e. The third kappa shape index (κ3) is 6.63. The van der Waals surface area contributed by atoms with Crippen molar-refractivity contribution < 1.29 is 32.3 Å². The third-order valence-electron chi connectivity index (χ3n) is 3.83. The first-order valence-electron chi connectivity index (χ1n) is 8.59. The summed E-state index contributed by atoms with van der Waals surface area (Å²) in [6.45, 7) is 2.69. The molecule has 0 unspecified atom stereocenters. The molecule has 0 radical (unpaired) electrons. The van der Waals surface area contributed by atoms with Crippen molar-refractivity contribution in [2.75, 3.05) is 11.9 Å². The van der Waals surface area contributed by atoms with Crippen LogP contribution in [0.5, 0.6) is 0 Å². The number of hydrogen-bond acceptors (Lipinski definition) is 4. The van der Waals surface area contributed by atoms with E-state index in [1.807, 2.05) is 13.0 Å². The molecule has 2 amide bonds. The number of halogens is 3. The van der Waals surface area contributed by atoms with Gasteiger partial charge >= 0.3 is 12.1 Å². The van der Waals surface area contributed by atoms with Gasteiger partial charge in [0.05, 0.1) is 5.56 Å². The molecule has 0 aromatic heterocycles. The molecule has 0 aliphatic carbocycles. The summed E-state index contributed by atoms with van der Waals surface area (Å²) >= 11 is 0. The quantitative estimate of drug-likeness (QED) is 0.719. The number of carbonyl (C=O) groups is 3. The van der Waals surface area contributed by atoms with Crippen molar-refractivity contribution in [2.24, 2.45) is 0 Å². The molecule has 6 nitrogen and oxygen atoms in total. The largest absolute Gasteiger partial charge is 0.451 e. The molecular weight excluding hydrogens is 389 g/mol. The van der Waals surface area contributed by atoms with E-state index in [1.165, 1.54) is 6.92 Å². The molecule has 154 valence electrons. The van der Waals surface area contributed by atoms with E-state index in [4.69, 9.17) is 4.74 Å². The van der Waals surface area contributed by atoms with Crippen molar-refractivity contribution in [1.82, 2.24) is 5.32 Å². The van der Waals surface area contributed by atoms with Gasteiger partial charge in [0.1, 0.15) is 6.54 Å². The van der Waals surface area contributed by atoms with Crippen molar-refractivity contribution in [3.8, 4) is 0 Å². The fraction of sp³-hybridized carbons (Fsp3) is 0.250. The summed E-state index contributed by atoms with van der Waals surface area (Å²) in [5, 5.41) is 4.74.